The van der Waals surface area contributed by atoms with E-state index in [4.69, 9.17) is 5.73 Å². The molecular weight excluding hydrogens is 379 g/mol. The quantitative estimate of drug-likeness (QED) is 0.282. The van der Waals surface area contributed by atoms with E-state index < -0.39 is 0 Å². The van der Waals surface area contributed by atoms with Crippen LogP contribution in [0.1, 0.15) is 59.3 Å². The first-order chi connectivity index (χ1) is 9.37. The van der Waals surface area contributed by atoms with Gasteiger partial charge in [0.15, 0.2) is 5.96 Å². The Labute approximate surface area is 145 Å². The summed E-state index contributed by atoms with van der Waals surface area (Å²) in [7, 11) is 0. The lowest BCUT2D eigenvalue weighted by molar-refractivity contribution is -0.122. The average molecular weight is 410 g/mol. The van der Waals surface area contributed by atoms with E-state index in [-0.39, 0.29) is 35.4 Å². The van der Waals surface area contributed by atoms with Crippen LogP contribution in [0.3, 0.4) is 0 Å². The highest BCUT2D eigenvalue weighted by Crippen LogP contribution is 2.25. The summed E-state index contributed by atoms with van der Waals surface area (Å²) in [5.41, 5.74) is 5.67. The van der Waals surface area contributed by atoms with Crippen LogP contribution in [0, 0.1) is 5.92 Å². The van der Waals surface area contributed by atoms with Crippen molar-refractivity contribution in [3.05, 3.63) is 0 Å². The molecule has 0 aromatic heterocycles. The number of rotatable bonds is 5. The molecule has 1 aliphatic carbocycles. The predicted octanol–water partition coefficient (Wildman–Crippen LogP) is 2.39. The van der Waals surface area contributed by atoms with Crippen molar-refractivity contribution in [3.63, 3.8) is 0 Å². The van der Waals surface area contributed by atoms with Gasteiger partial charge in [0.2, 0.25) is 5.91 Å². The molecule has 1 aliphatic rings. The number of halogens is 1. The number of carbonyl (C=O) groups excluding carboxylic acids is 1. The second kappa shape index (κ2) is 10.2. The molecular formula is C15H31IN4O. The normalized spacial score (nSPS) is 17.0. The van der Waals surface area contributed by atoms with Crippen LogP contribution in [0.15, 0.2) is 4.99 Å². The first kappa shape index (κ1) is 20.5. The molecule has 0 saturated heterocycles. The maximum Gasteiger partial charge on any atom is 0.220 e. The van der Waals surface area contributed by atoms with Crippen molar-refractivity contribution in [2.75, 3.05) is 13.1 Å². The van der Waals surface area contributed by atoms with E-state index in [0.717, 1.165) is 0 Å². The zero-order chi connectivity index (χ0) is 15.0. The summed E-state index contributed by atoms with van der Waals surface area (Å²) < 4.78 is 0. The third-order valence-corrected chi connectivity index (χ3v) is 3.42. The molecule has 0 aromatic carbocycles. The van der Waals surface area contributed by atoms with E-state index in [1.165, 1.54) is 32.1 Å². The van der Waals surface area contributed by atoms with Gasteiger partial charge in [-0.25, -0.2) is 0 Å². The van der Waals surface area contributed by atoms with Gasteiger partial charge in [0.05, 0.1) is 6.54 Å². The summed E-state index contributed by atoms with van der Waals surface area (Å²) in [5, 5.41) is 6.01. The molecule has 0 unspecified atom stereocenters. The maximum atomic E-state index is 11.8. The SMILES string of the molecule is CC(C)(C)NC(N)=NCCNC(=O)CC1CCCCC1.I. The minimum Gasteiger partial charge on any atom is -0.370 e. The van der Waals surface area contributed by atoms with E-state index in [1.807, 2.05) is 20.8 Å². The van der Waals surface area contributed by atoms with Crippen molar-refractivity contribution in [2.45, 2.75) is 64.8 Å². The fourth-order valence-electron chi connectivity index (χ4n) is 2.52. The Morgan fingerprint density at radius 2 is 1.86 bits per heavy atom. The first-order valence-electron chi connectivity index (χ1n) is 7.71. The molecule has 124 valence electrons. The highest BCUT2D eigenvalue weighted by Gasteiger charge is 2.16. The van der Waals surface area contributed by atoms with E-state index in [2.05, 4.69) is 15.6 Å². The van der Waals surface area contributed by atoms with Gasteiger partial charge < -0.3 is 16.4 Å². The van der Waals surface area contributed by atoms with Crippen molar-refractivity contribution < 1.29 is 4.79 Å². The number of amides is 1. The van der Waals surface area contributed by atoms with Crippen LogP contribution in [0.4, 0.5) is 0 Å². The minimum atomic E-state index is -0.0855. The average Bonchev–Trinajstić information content (AvgIpc) is 2.34. The van der Waals surface area contributed by atoms with Gasteiger partial charge in [-0.1, -0.05) is 19.3 Å². The van der Waals surface area contributed by atoms with Crippen molar-refractivity contribution in [1.82, 2.24) is 10.6 Å². The van der Waals surface area contributed by atoms with Crippen LogP contribution < -0.4 is 16.4 Å². The summed E-state index contributed by atoms with van der Waals surface area (Å²) in [4.78, 5) is 16.0. The molecule has 0 radical (unpaired) electrons. The van der Waals surface area contributed by atoms with Crippen LogP contribution in [-0.2, 0) is 4.79 Å². The van der Waals surface area contributed by atoms with Crippen molar-refractivity contribution >= 4 is 35.8 Å². The summed E-state index contributed by atoms with van der Waals surface area (Å²) in [6.07, 6.45) is 6.95. The fraction of sp³-hybridized carbons (Fsp3) is 0.867. The number of nitrogens with zero attached hydrogens (tertiary/aromatic N) is 1. The third-order valence-electron chi connectivity index (χ3n) is 3.42. The fourth-order valence-corrected chi connectivity index (χ4v) is 2.52. The number of guanidine groups is 1. The Balaban J connectivity index is 0.00000400. The molecule has 1 rings (SSSR count). The first-order valence-corrected chi connectivity index (χ1v) is 7.71. The molecule has 1 fully saturated rings. The lowest BCUT2D eigenvalue weighted by Gasteiger charge is -2.21. The van der Waals surface area contributed by atoms with Crippen LogP contribution in [-0.4, -0.2) is 30.5 Å². The van der Waals surface area contributed by atoms with Gasteiger partial charge in [0.25, 0.3) is 0 Å². The van der Waals surface area contributed by atoms with Gasteiger partial charge >= 0.3 is 0 Å². The van der Waals surface area contributed by atoms with Crippen LogP contribution in [0.5, 0.6) is 0 Å². The highest BCUT2D eigenvalue weighted by molar-refractivity contribution is 14.0. The smallest absolute Gasteiger partial charge is 0.220 e. The molecule has 4 N–H and O–H groups in total. The molecule has 1 amide bonds. The van der Waals surface area contributed by atoms with Crippen LogP contribution in [0.25, 0.3) is 0 Å². The zero-order valence-corrected chi connectivity index (χ0v) is 15.9. The summed E-state index contributed by atoms with van der Waals surface area (Å²) in [6.45, 7) is 7.16. The zero-order valence-electron chi connectivity index (χ0n) is 13.6. The maximum absolute atomic E-state index is 11.8. The minimum absolute atomic E-state index is 0. The van der Waals surface area contributed by atoms with Gasteiger partial charge in [-0.2, -0.15) is 0 Å². The number of hydrogen-bond acceptors (Lipinski definition) is 2. The van der Waals surface area contributed by atoms with Gasteiger partial charge in [0, 0.05) is 18.5 Å². The van der Waals surface area contributed by atoms with Crippen molar-refractivity contribution in [1.29, 1.82) is 0 Å². The molecule has 0 atom stereocenters. The lowest BCUT2D eigenvalue weighted by Crippen LogP contribution is -2.45. The molecule has 0 spiro atoms. The third kappa shape index (κ3) is 10.8. The Kier molecular flexibility index (Phi) is 9.98. The molecule has 21 heavy (non-hydrogen) atoms. The molecule has 0 bridgehead atoms. The Morgan fingerprint density at radius 1 is 1.24 bits per heavy atom. The summed E-state index contributed by atoms with van der Waals surface area (Å²) in [6, 6.07) is 0. The Bertz CT molecular complexity index is 333. The van der Waals surface area contributed by atoms with E-state index >= 15 is 0 Å². The molecule has 0 aromatic rings. The Hall–Kier alpha value is -0.530. The molecule has 0 aliphatic heterocycles. The second-order valence-electron chi connectivity index (χ2n) is 6.70. The topological polar surface area (TPSA) is 79.5 Å². The Morgan fingerprint density at radius 3 is 2.43 bits per heavy atom. The summed E-state index contributed by atoms with van der Waals surface area (Å²) >= 11 is 0. The van der Waals surface area contributed by atoms with Gasteiger partial charge in [0.1, 0.15) is 0 Å². The number of hydrogen-bond donors (Lipinski definition) is 3. The number of aliphatic imine (C=N–C) groups is 1. The van der Waals surface area contributed by atoms with Gasteiger partial charge in [-0.15, -0.1) is 24.0 Å². The highest BCUT2D eigenvalue weighted by atomic mass is 127. The summed E-state index contributed by atoms with van der Waals surface area (Å²) in [5.74, 6) is 1.16. The number of nitrogens with one attached hydrogen (secondary N) is 2. The standard InChI is InChI=1S/C15H30N4O.HI/c1-15(2,3)19-14(16)18-10-9-17-13(20)11-12-7-5-4-6-8-12;/h12H,4-11H2,1-3H3,(H,17,20)(H3,16,18,19);1H. The second-order valence-corrected chi connectivity index (χ2v) is 6.70. The van der Waals surface area contributed by atoms with Crippen molar-refractivity contribution in [3.8, 4) is 0 Å². The van der Waals surface area contributed by atoms with E-state index in [9.17, 15) is 4.79 Å². The lowest BCUT2D eigenvalue weighted by atomic mass is 9.87. The monoisotopic (exact) mass is 410 g/mol. The van der Waals surface area contributed by atoms with Gasteiger partial charge in [-0.3, -0.25) is 9.79 Å². The van der Waals surface area contributed by atoms with E-state index in [0.29, 0.717) is 31.4 Å². The molecule has 5 nitrogen and oxygen atoms in total. The molecule has 0 heterocycles. The van der Waals surface area contributed by atoms with Crippen molar-refractivity contribution in [2.24, 2.45) is 16.6 Å². The molecule has 6 heteroatoms. The largest absolute Gasteiger partial charge is 0.370 e. The van der Waals surface area contributed by atoms with E-state index in [1.54, 1.807) is 0 Å². The number of nitrogens with two attached hydrogens (primary N) is 1. The predicted molar refractivity (Wildman–Crippen MR) is 99.0 cm³/mol. The van der Waals surface area contributed by atoms with Gasteiger partial charge in [-0.05, 0) is 39.5 Å². The van der Waals surface area contributed by atoms with Crippen LogP contribution >= 0.6 is 24.0 Å². The van der Waals surface area contributed by atoms with Crippen LogP contribution in [0.2, 0.25) is 0 Å². The molecule has 1 saturated carbocycles. The number of carbonyl (C=O) groups is 1.